The van der Waals surface area contributed by atoms with E-state index in [1.807, 2.05) is 37.9 Å². The molecule has 0 aliphatic carbocycles. The minimum atomic E-state index is -1.48. The Bertz CT molecular complexity index is 1060. The summed E-state index contributed by atoms with van der Waals surface area (Å²) in [5.74, 6) is -1.19. The standard InChI is InChI=1S/C20H22N6O4/c1-10-9-26-15-8-21-13(14-4-5-22-25(14)3)6-12(15)7-20(16(26)11(2)30-10)17(27)23-19(29)24-18(20)28/h4-6,8,10-11,16H,7,9H2,1-3H3,(H2,23,24,27,28,29)/t10-,11+,16-/m1/s1. The number of barbiturate groups is 1. The summed E-state index contributed by atoms with van der Waals surface area (Å²) in [6, 6.07) is 2.40. The lowest BCUT2D eigenvalue weighted by Crippen LogP contribution is -2.75. The lowest BCUT2D eigenvalue weighted by Gasteiger charge is -2.55. The van der Waals surface area contributed by atoms with Crippen molar-refractivity contribution in [1.29, 1.82) is 0 Å². The molecule has 10 nitrogen and oxygen atoms in total. The first-order valence-corrected chi connectivity index (χ1v) is 9.87. The Morgan fingerprint density at radius 3 is 2.60 bits per heavy atom. The number of urea groups is 1. The zero-order valence-electron chi connectivity index (χ0n) is 16.9. The number of aromatic nitrogens is 3. The summed E-state index contributed by atoms with van der Waals surface area (Å²) in [6.45, 7) is 4.31. The molecule has 0 unspecified atom stereocenters. The first-order chi connectivity index (χ1) is 14.3. The summed E-state index contributed by atoms with van der Waals surface area (Å²) in [4.78, 5) is 44.7. The van der Waals surface area contributed by atoms with Gasteiger partial charge in [-0.2, -0.15) is 5.10 Å². The number of morpholine rings is 1. The van der Waals surface area contributed by atoms with Crippen LogP contribution in [0.4, 0.5) is 10.5 Å². The Hall–Kier alpha value is -3.27. The van der Waals surface area contributed by atoms with Gasteiger partial charge in [0.05, 0.1) is 41.5 Å². The third-order valence-electron chi connectivity index (χ3n) is 6.28. The zero-order valence-corrected chi connectivity index (χ0v) is 16.9. The van der Waals surface area contributed by atoms with E-state index in [-0.39, 0.29) is 12.5 Å². The van der Waals surface area contributed by atoms with Gasteiger partial charge in [-0.15, -0.1) is 0 Å². The molecule has 0 radical (unpaired) electrons. The fourth-order valence-corrected chi connectivity index (χ4v) is 5.10. The van der Waals surface area contributed by atoms with Gasteiger partial charge in [0, 0.05) is 26.2 Å². The second kappa shape index (κ2) is 6.36. The number of carbonyl (C=O) groups is 3. The topological polar surface area (TPSA) is 118 Å². The summed E-state index contributed by atoms with van der Waals surface area (Å²) in [7, 11) is 1.83. The molecule has 3 aliphatic heterocycles. The monoisotopic (exact) mass is 410 g/mol. The van der Waals surface area contributed by atoms with E-state index in [1.165, 1.54) is 0 Å². The Morgan fingerprint density at radius 1 is 1.20 bits per heavy atom. The number of amides is 4. The Kier molecular flexibility index (Phi) is 3.97. The Balaban J connectivity index is 1.69. The van der Waals surface area contributed by atoms with E-state index in [0.29, 0.717) is 12.2 Å². The zero-order chi connectivity index (χ0) is 21.2. The molecule has 0 aromatic carbocycles. The van der Waals surface area contributed by atoms with Gasteiger partial charge in [0.2, 0.25) is 11.8 Å². The van der Waals surface area contributed by atoms with Crippen molar-refractivity contribution in [3.8, 4) is 11.4 Å². The summed E-state index contributed by atoms with van der Waals surface area (Å²) in [5.41, 5.74) is 1.73. The largest absolute Gasteiger partial charge is 0.372 e. The van der Waals surface area contributed by atoms with E-state index in [1.54, 1.807) is 17.1 Å². The number of imide groups is 2. The smallest absolute Gasteiger partial charge is 0.328 e. The van der Waals surface area contributed by atoms with Crippen molar-refractivity contribution >= 4 is 23.5 Å². The molecule has 3 atom stereocenters. The average molecular weight is 410 g/mol. The molecular formula is C20H22N6O4. The predicted octanol–water partition coefficient (Wildman–Crippen LogP) is 0.373. The maximum atomic E-state index is 13.1. The number of aryl methyl sites for hydroxylation is 1. The van der Waals surface area contributed by atoms with Crippen molar-refractivity contribution in [2.24, 2.45) is 12.5 Å². The van der Waals surface area contributed by atoms with Crippen LogP contribution in [0, 0.1) is 5.41 Å². The van der Waals surface area contributed by atoms with Gasteiger partial charge >= 0.3 is 6.03 Å². The van der Waals surface area contributed by atoms with Gasteiger partial charge in [-0.25, -0.2) is 4.79 Å². The molecule has 1 spiro atoms. The van der Waals surface area contributed by atoms with E-state index in [4.69, 9.17) is 4.74 Å². The highest BCUT2D eigenvalue weighted by molar-refractivity contribution is 6.20. The maximum absolute atomic E-state index is 13.1. The SMILES string of the molecule is C[C@@H]1CN2c3cnc(-c4ccnn4C)cc3CC3(C(=O)NC(=O)NC3=O)[C@H]2[C@H](C)O1. The molecule has 2 aromatic rings. The highest BCUT2D eigenvalue weighted by Crippen LogP contribution is 2.46. The second-order valence-corrected chi connectivity index (χ2v) is 8.17. The molecule has 0 saturated carbocycles. The molecule has 156 valence electrons. The van der Waals surface area contributed by atoms with Gasteiger partial charge in [-0.05, 0) is 31.5 Å². The summed E-state index contributed by atoms with van der Waals surface area (Å²) in [6.07, 6.45) is 3.12. The number of hydrogen-bond acceptors (Lipinski definition) is 7. The molecule has 2 saturated heterocycles. The number of carbonyl (C=O) groups excluding carboxylic acids is 3. The fourth-order valence-electron chi connectivity index (χ4n) is 5.10. The molecule has 4 amide bonds. The van der Waals surface area contributed by atoms with Gasteiger partial charge in [-0.1, -0.05) is 0 Å². The molecule has 0 bridgehead atoms. The Morgan fingerprint density at radius 2 is 1.93 bits per heavy atom. The molecular weight excluding hydrogens is 388 g/mol. The number of ether oxygens (including phenoxy) is 1. The van der Waals surface area contributed by atoms with Crippen LogP contribution in [0.2, 0.25) is 0 Å². The third kappa shape index (κ3) is 2.49. The van der Waals surface area contributed by atoms with Crippen LogP contribution >= 0.6 is 0 Å². The van der Waals surface area contributed by atoms with E-state index in [2.05, 4.69) is 20.7 Å². The van der Waals surface area contributed by atoms with E-state index in [9.17, 15) is 14.4 Å². The number of rotatable bonds is 1. The molecule has 3 aliphatic rings. The minimum Gasteiger partial charge on any atom is -0.372 e. The second-order valence-electron chi connectivity index (χ2n) is 8.17. The summed E-state index contributed by atoms with van der Waals surface area (Å²) < 4.78 is 7.72. The van der Waals surface area contributed by atoms with Crippen molar-refractivity contribution in [1.82, 2.24) is 25.4 Å². The lowest BCUT2D eigenvalue weighted by atomic mass is 9.67. The van der Waals surface area contributed by atoms with Crippen LogP contribution in [0.15, 0.2) is 24.5 Å². The first-order valence-electron chi connectivity index (χ1n) is 9.87. The number of nitrogens with zero attached hydrogens (tertiary/aromatic N) is 4. The summed E-state index contributed by atoms with van der Waals surface area (Å²) in [5, 5.41) is 8.78. The van der Waals surface area contributed by atoms with E-state index >= 15 is 0 Å². The van der Waals surface area contributed by atoms with Gasteiger partial charge in [0.25, 0.3) is 0 Å². The van der Waals surface area contributed by atoms with Gasteiger partial charge in [0.1, 0.15) is 0 Å². The molecule has 2 fully saturated rings. The lowest BCUT2D eigenvalue weighted by molar-refractivity contribution is -0.153. The Labute approximate surface area is 172 Å². The molecule has 2 N–H and O–H groups in total. The van der Waals surface area contributed by atoms with Crippen molar-refractivity contribution in [3.05, 3.63) is 30.1 Å². The van der Waals surface area contributed by atoms with Crippen molar-refractivity contribution in [2.45, 2.75) is 38.5 Å². The van der Waals surface area contributed by atoms with Gasteiger partial charge in [0.15, 0.2) is 5.41 Å². The first kappa shape index (κ1) is 18.7. The minimum absolute atomic E-state index is 0.0904. The quantitative estimate of drug-likeness (QED) is 0.652. The van der Waals surface area contributed by atoms with Crippen molar-refractivity contribution < 1.29 is 19.1 Å². The van der Waals surface area contributed by atoms with Crippen molar-refractivity contribution in [2.75, 3.05) is 11.4 Å². The fraction of sp³-hybridized carbons (Fsp3) is 0.450. The van der Waals surface area contributed by atoms with Gasteiger partial charge < -0.3 is 9.64 Å². The summed E-state index contributed by atoms with van der Waals surface area (Å²) >= 11 is 0. The molecule has 2 aromatic heterocycles. The maximum Gasteiger partial charge on any atom is 0.328 e. The van der Waals surface area contributed by atoms with Crippen LogP contribution in [-0.4, -0.2) is 57.4 Å². The molecule has 5 rings (SSSR count). The van der Waals surface area contributed by atoms with Crippen LogP contribution in [0.1, 0.15) is 19.4 Å². The third-order valence-corrected chi connectivity index (χ3v) is 6.28. The van der Waals surface area contributed by atoms with Crippen LogP contribution in [0.5, 0.6) is 0 Å². The average Bonchev–Trinajstić information content (AvgIpc) is 3.11. The van der Waals surface area contributed by atoms with Crippen LogP contribution in [0.25, 0.3) is 11.4 Å². The number of pyridine rings is 1. The van der Waals surface area contributed by atoms with Crippen LogP contribution in [0.3, 0.4) is 0 Å². The highest BCUT2D eigenvalue weighted by atomic mass is 16.5. The van der Waals surface area contributed by atoms with Crippen molar-refractivity contribution in [3.63, 3.8) is 0 Å². The van der Waals surface area contributed by atoms with Crippen LogP contribution < -0.4 is 15.5 Å². The normalized spacial score (nSPS) is 27.4. The number of anilines is 1. The number of hydrogen-bond donors (Lipinski definition) is 2. The van der Waals surface area contributed by atoms with Gasteiger partial charge in [-0.3, -0.25) is 29.9 Å². The predicted molar refractivity (Wildman–Crippen MR) is 105 cm³/mol. The molecule has 10 heteroatoms. The molecule has 5 heterocycles. The number of fused-ring (bicyclic) bond motifs is 4. The van der Waals surface area contributed by atoms with Crippen LogP contribution in [-0.2, 0) is 27.8 Å². The number of nitrogens with one attached hydrogen (secondary N) is 2. The highest BCUT2D eigenvalue weighted by Gasteiger charge is 2.62. The van der Waals surface area contributed by atoms with E-state index < -0.39 is 35.4 Å². The molecule has 30 heavy (non-hydrogen) atoms. The van der Waals surface area contributed by atoms with E-state index in [0.717, 1.165) is 16.9 Å².